The van der Waals surface area contributed by atoms with Crippen LogP contribution >= 0.6 is 0 Å². The average molecular weight is 943 g/mol. The van der Waals surface area contributed by atoms with Crippen LogP contribution in [0.2, 0.25) is 0 Å². The highest BCUT2D eigenvalue weighted by atomic mass is 16.8. The van der Waals surface area contributed by atoms with Crippen LogP contribution in [-0.2, 0) is 38.0 Å². The molecule has 0 amide bonds. The summed E-state index contributed by atoms with van der Waals surface area (Å²) in [7, 11) is 0. The summed E-state index contributed by atoms with van der Waals surface area (Å²) in [4.78, 5) is 12.5. The Balaban J connectivity index is 0.896. The molecular weight excluding hydrogens is 868 g/mol. The molecule has 19 heteroatoms. The number of cyclic esters (lactones) is 1. The minimum atomic E-state index is -1.88. The van der Waals surface area contributed by atoms with Crippen LogP contribution in [-0.4, -0.2) is 193 Å². The van der Waals surface area contributed by atoms with E-state index in [1.54, 1.807) is 0 Å². The third-order valence-electron chi connectivity index (χ3n) is 19.4. The third-order valence-corrected chi connectivity index (χ3v) is 19.4. The van der Waals surface area contributed by atoms with Gasteiger partial charge in [-0.05, 0) is 104 Å². The van der Waals surface area contributed by atoms with Gasteiger partial charge < -0.3 is 89.3 Å². The monoisotopic (exact) mass is 942 g/mol. The molecule has 3 saturated heterocycles. The van der Waals surface area contributed by atoms with Crippen LogP contribution in [0.1, 0.15) is 92.4 Å². The Bertz CT molecular complexity index is 1820. The lowest BCUT2D eigenvalue weighted by atomic mass is 9.41. The van der Waals surface area contributed by atoms with Crippen molar-refractivity contribution in [1.82, 2.24) is 0 Å². The number of carbonyl (C=O) groups is 1. The summed E-state index contributed by atoms with van der Waals surface area (Å²) in [5.41, 5.74) is -0.171. The lowest BCUT2D eigenvalue weighted by Crippen LogP contribution is -2.64. The number of ether oxygens (including phenoxy) is 7. The molecular formula is C47H74O19. The summed E-state index contributed by atoms with van der Waals surface area (Å²) in [6, 6.07) is 0. The van der Waals surface area contributed by atoms with E-state index < -0.39 is 117 Å². The Hall–Kier alpha value is -1.47. The molecule has 0 aromatic heterocycles. The molecule has 0 radical (unpaired) electrons. The molecule has 26 atom stereocenters. The molecule has 66 heavy (non-hydrogen) atoms. The van der Waals surface area contributed by atoms with Crippen molar-refractivity contribution in [3.63, 3.8) is 0 Å². The number of aliphatic hydroxyl groups excluding tert-OH is 11. The standard InChI is InChI=1S/C47H74O19/c1-20-12-24(62-30(52)13-20)21(2)31-22(50)14-45(5)28-7-6-27-43(3,19-49)29(8-9-46(27)18-47(28,46)11-10-44(31,45)4)65-42-39(32(53)23(51)16-60-42)66-41-38(59)36(57)34(55)26(64-41)17-61-40-37(58)35(56)33(54)25(15-48)63-40/h12,21-29,31-42,48-51,53-59H,6-11,13-19H2,1-5H3/t21-,22-,23+,24+,25-,26-,27?,28?,29+,31+,32+,33-,34-,35+,36+,37-,38-,39-,40-,41+,42+,43+,44-,45+,46-,47+/m1/s1. The molecule has 376 valence electrons. The topological polar surface area (TPSA) is 304 Å². The Kier molecular flexibility index (Phi) is 13.3. The highest BCUT2D eigenvalue weighted by Gasteiger charge is 2.83. The molecule has 9 aliphatic rings. The lowest BCUT2D eigenvalue weighted by Gasteiger charge is -2.63. The third kappa shape index (κ3) is 7.43. The molecule has 9 rings (SSSR count). The van der Waals surface area contributed by atoms with Gasteiger partial charge in [0, 0.05) is 11.3 Å². The van der Waals surface area contributed by atoms with E-state index in [-0.39, 0.29) is 64.7 Å². The smallest absolute Gasteiger partial charge is 0.310 e. The first-order valence-corrected chi connectivity index (χ1v) is 24.2. The van der Waals surface area contributed by atoms with Crippen molar-refractivity contribution in [2.45, 2.75) is 197 Å². The van der Waals surface area contributed by atoms with E-state index in [9.17, 15) is 61.0 Å². The summed E-state index contributed by atoms with van der Waals surface area (Å²) in [5.74, 6) is 0.0733. The van der Waals surface area contributed by atoms with E-state index in [1.807, 2.05) is 13.8 Å². The number of hydrogen-bond acceptors (Lipinski definition) is 19. The highest BCUT2D eigenvalue weighted by molar-refractivity contribution is 5.74. The molecule has 2 unspecified atom stereocenters. The molecule has 19 nitrogen and oxygen atoms in total. The minimum Gasteiger partial charge on any atom is -0.458 e. The summed E-state index contributed by atoms with van der Waals surface area (Å²) >= 11 is 0. The van der Waals surface area contributed by atoms with Gasteiger partial charge in [0.15, 0.2) is 18.9 Å². The van der Waals surface area contributed by atoms with Gasteiger partial charge in [0.25, 0.3) is 0 Å². The summed E-state index contributed by atoms with van der Waals surface area (Å²) < 4.78 is 41.5. The average Bonchev–Trinajstić information content (AvgIpc) is 3.89. The second kappa shape index (κ2) is 17.7. The SMILES string of the molecule is CC1=C[C@@H]([C@@H](C)[C@H]2[C@H](O)C[C@@]3(C)C4CCC5[C@@]6(CC[C@H](O[C@@H]7OC[C@H](O)[C@H](O)[C@H]7O[C@@H]7O[C@H](CO[C@@H]8O[C@H](CO)[C@@H](O)[C@H](O)[C@H]8O)[C@@H](O)[C@H](O)[C@H]7O)[C@@]5(C)CO)C[C@@]46CC[C@]23C)OC(=O)C1. The van der Waals surface area contributed by atoms with E-state index in [1.165, 1.54) is 0 Å². The van der Waals surface area contributed by atoms with Gasteiger partial charge in [0.2, 0.25) is 0 Å². The van der Waals surface area contributed by atoms with Crippen molar-refractivity contribution < 1.29 is 94.1 Å². The first kappa shape index (κ1) is 49.5. The fourth-order valence-corrected chi connectivity index (χ4v) is 15.8. The fourth-order valence-electron chi connectivity index (χ4n) is 15.8. The molecule has 5 saturated carbocycles. The van der Waals surface area contributed by atoms with Gasteiger partial charge in [-0.1, -0.05) is 33.3 Å². The molecule has 5 aliphatic carbocycles. The van der Waals surface area contributed by atoms with Crippen LogP contribution in [0.4, 0.5) is 0 Å². The van der Waals surface area contributed by atoms with Gasteiger partial charge in [-0.25, -0.2) is 0 Å². The van der Waals surface area contributed by atoms with Crippen LogP contribution < -0.4 is 0 Å². The van der Waals surface area contributed by atoms with E-state index in [2.05, 4.69) is 26.8 Å². The van der Waals surface area contributed by atoms with Gasteiger partial charge in [0.1, 0.15) is 73.2 Å². The van der Waals surface area contributed by atoms with Gasteiger partial charge in [-0.2, -0.15) is 0 Å². The molecule has 4 heterocycles. The molecule has 2 spiro atoms. The highest BCUT2D eigenvalue weighted by Crippen LogP contribution is 2.89. The zero-order valence-electron chi connectivity index (χ0n) is 38.6. The van der Waals surface area contributed by atoms with Gasteiger partial charge in [-0.15, -0.1) is 0 Å². The van der Waals surface area contributed by atoms with Crippen molar-refractivity contribution >= 4 is 5.97 Å². The first-order chi connectivity index (χ1) is 31.1. The van der Waals surface area contributed by atoms with Crippen molar-refractivity contribution in [3.8, 4) is 0 Å². The van der Waals surface area contributed by atoms with Gasteiger partial charge >= 0.3 is 5.97 Å². The molecule has 0 aromatic carbocycles. The predicted molar refractivity (Wildman–Crippen MR) is 225 cm³/mol. The van der Waals surface area contributed by atoms with E-state index in [0.717, 1.165) is 44.1 Å². The Labute approximate surface area is 384 Å². The number of carbonyl (C=O) groups excluding carboxylic acids is 1. The van der Waals surface area contributed by atoms with Crippen molar-refractivity contribution in [2.24, 2.45) is 50.7 Å². The second-order valence-electron chi connectivity index (χ2n) is 22.5. The summed E-state index contributed by atoms with van der Waals surface area (Å²) in [6.45, 7) is 9.04. The van der Waals surface area contributed by atoms with E-state index >= 15 is 0 Å². The van der Waals surface area contributed by atoms with Crippen LogP contribution in [0.15, 0.2) is 11.6 Å². The zero-order valence-corrected chi connectivity index (χ0v) is 38.6. The fraction of sp³-hybridized carbons (Fsp3) is 0.936. The van der Waals surface area contributed by atoms with Crippen LogP contribution in [0.25, 0.3) is 0 Å². The maximum atomic E-state index is 12.5. The maximum absolute atomic E-state index is 12.5. The van der Waals surface area contributed by atoms with Crippen LogP contribution in [0.3, 0.4) is 0 Å². The first-order valence-electron chi connectivity index (χ1n) is 24.2. The number of aliphatic hydroxyl groups is 11. The Morgan fingerprint density at radius 2 is 1.38 bits per heavy atom. The normalized spacial score (nSPS) is 56.2. The number of esters is 1. The summed E-state index contributed by atoms with van der Waals surface area (Å²) in [5, 5.41) is 119. The maximum Gasteiger partial charge on any atom is 0.310 e. The van der Waals surface area contributed by atoms with Crippen molar-refractivity contribution in [2.75, 3.05) is 26.4 Å². The van der Waals surface area contributed by atoms with Crippen molar-refractivity contribution in [1.29, 1.82) is 0 Å². The van der Waals surface area contributed by atoms with Gasteiger partial charge in [-0.3, -0.25) is 4.79 Å². The summed E-state index contributed by atoms with van der Waals surface area (Å²) in [6.07, 6.45) is -15.0. The number of hydrogen-bond donors (Lipinski definition) is 11. The minimum absolute atomic E-state index is 0.0213. The Morgan fingerprint density at radius 1 is 0.727 bits per heavy atom. The molecule has 8 fully saturated rings. The van der Waals surface area contributed by atoms with Gasteiger partial charge in [0.05, 0.1) is 45.1 Å². The Morgan fingerprint density at radius 3 is 2.06 bits per heavy atom. The zero-order chi connectivity index (χ0) is 47.6. The molecule has 4 aliphatic heterocycles. The number of rotatable bonds is 11. The van der Waals surface area contributed by atoms with E-state index in [4.69, 9.17) is 33.2 Å². The van der Waals surface area contributed by atoms with Crippen LogP contribution in [0.5, 0.6) is 0 Å². The lowest BCUT2D eigenvalue weighted by molar-refractivity contribution is -0.372. The second-order valence-corrected chi connectivity index (χ2v) is 22.5. The molecule has 0 bridgehead atoms. The van der Waals surface area contributed by atoms with Crippen LogP contribution in [0, 0.1) is 50.7 Å². The van der Waals surface area contributed by atoms with E-state index in [0.29, 0.717) is 25.2 Å². The molecule has 0 aromatic rings. The quantitative estimate of drug-likeness (QED) is 0.0655. The number of fused-ring (bicyclic) bond motifs is 2. The molecule has 11 N–H and O–H groups in total. The van der Waals surface area contributed by atoms with Crippen molar-refractivity contribution in [3.05, 3.63) is 11.6 Å². The predicted octanol–water partition coefficient (Wildman–Crippen LogP) is -1.26. The largest absolute Gasteiger partial charge is 0.458 e.